The third kappa shape index (κ3) is 2.01. The van der Waals surface area contributed by atoms with E-state index in [4.69, 9.17) is 0 Å². The molecule has 1 heterocycles. The van der Waals surface area contributed by atoms with Crippen LogP contribution in [0.15, 0.2) is 29.6 Å². The minimum atomic E-state index is -0.455. The summed E-state index contributed by atoms with van der Waals surface area (Å²) in [4.78, 5) is 4.54. The fourth-order valence-corrected chi connectivity index (χ4v) is 3.42. The van der Waals surface area contributed by atoms with Gasteiger partial charge >= 0.3 is 0 Å². The highest BCUT2D eigenvalue weighted by molar-refractivity contribution is 7.09. The van der Waals surface area contributed by atoms with E-state index in [0.717, 1.165) is 23.5 Å². The van der Waals surface area contributed by atoms with Crippen LogP contribution >= 0.6 is 11.3 Å². The Morgan fingerprint density at radius 1 is 1.29 bits per heavy atom. The Kier molecular flexibility index (Phi) is 2.73. The van der Waals surface area contributed by atoms with E-state index in [1.807, 2.05) is 5.38 Å². The zero-order valence-electron chi connectivity index (χ0n) is 9.76. The summed E-state index contributed by atoms with van der Waals surface area (Å²) in [6, 6.07) is 8.62. The lowest BCUT2D eigenvalue weighted by molar-refractivity contribution is 0.195. The van der Waals surface area contributed by atoms with Gasteiger partial charge in [-0.15, -0.1) is 11.3 Å². The maximum absolute atomic E-state index is 9.50. The van der Waals surface area contributed by atoms with Crippen molar-refractivity contribution in [2.24, 2.45) is 0 Å². The van der Waals surface area contributed by atoms with E-state index in [1.54, 1.807) is 18.3 Å². The van der Waals surface area contributed by atoms with Crippen LogP contribution < -0.4 is 0 Å². The number of hydrogen-bond donors (Lipinski definition) is 1. The quantitative estimate of drug-likeness (QED) is 0.882. The van der Waals surface area contributed by atoms with Crippen LogP contribution in [0.5, 0.6) is 0 Å². The van der Waals surface area contributed by atoms with E-state index >= 15 is 0 Å². The number of benzene rings is 1. The Morgan fingerprint density at radius 3 is 2.47 bits per heavy atom. The Bertz CT molecular complexity index is 508. The second kappa shape index (κ2) is 4.24. The highest BCUT2D eigenvalue weighted by Crippen LogP contribution is 2.35. The second-order valence-electron chi connectivity index (χ2n) is 4.66. The van der Waals surface area contributed by atoms with E-state index < -0.39 is 6.10 Å². The molecule has 1 unspecified atom stereocenters. The summed E-state index contributed by atoms with van der Waals surface area (Å²) >= 11 is 1.67. The first-order valence-corrected chi connectivity index (χ1v) is 6.82. The normalized spacial score (nSPS) is 17.1. The lowest BCUT2D eigenvalue weighted by atomic mass is 10.1. The van der Waals surface area contributed by atoms with Crippen LogP contribution in [0.1, 0.15) is 40.8 Å². The SMILES string of the molecule is CC(O)c1csc(C2Cc3ccccc3C2)n1. The van der Waals surface area contributed by atoms with Gasteiger partial charge in [0.25, 0.3) is 0 Å². The van der Waals surface area contributed by atoms with Crippen LogP contribution in [-0.2, 0) is 12.8 Å². The summed E-state index contributed by atoms with van der Waals surface area (Å²) in [6.45, 7) is 1.77. The average molecular weight is 245 g/mol. The highest BCUT2D eigenvalue weighted by atomic mass is 32.1. The molecule has 1 aliphatic rings. The van der Waals surface area contributed by atoms with Crippen LogP contribution in [0.3, 0.4) is 0 Å². The number of aromatic nitrogens is 1. The van der Waals surface area contributed by atoms with Gasteiger partial charge in [0.2, 0.25) is 0 Å². The molecule has 0 saturated carbocycles. The molecule has 2 aromatic rings. The molecule has 0 saturated heterocycles. The molecule has 1 atom stereocenters. The van der Waals surface area contributed by atoms with Crippen molar-refractivity contribution in [1.29, 1.82) is 0 Å². The molecule has 0 spiro atoms. The van der Waals surface area contributed by atoms with Gasteiger partial charge in [-0.3, -0.25) is 0 Å². The van der Waals surface area contributed by atoms with Crippen molar-refractivity contribution in [1.82, 2.24) is 4.98 Å². The van der Waals surface area contributed by atoms with Crippen molar-refractivity contribution < 1.29 is 5.11 Å². The van der Waals surface area contributed by atoms with E-state index in [0.29, 0.717) is 5.92 Å². The zero-order valence-corrected chi connectivity index (χ0v) is 10.6. The molecule has 3 rings (SSSR count). The van der Waals surface area contributed by atoms with Gasteiger partial charge in [0, 0.05) is 11.3 Å². The monoisotopic (exact) mass is 245 g/mol. The standard InChI is InChI=1S/C14H15NOS/c1-9(16)13-8-17-14(15-13)12-6-10-4-2-3-5-11(10)7-12/h2-5,8-9,12,16H,6-7H2,1H3. The molecule has 1 aromatic carbocycles. The Hall–Kier alpha value is -1.19. The minimum Gasteiger partial charge on any atom is -0.387 e. The molecular weight excluding hydrogens is 230 g/mol. The number of thiazole rings is 1. The fraction of sp³-hybridized carbons (Fsp3) is 0.357. The molecule has 17 heavy (non-hydrogen) atoms. The van der Waals surface area contributed by atoms with Crippen LogP contribution in [0.2, 0.25) is 0 Å². The lowest BCUT2D eigenvalue weighted by Crippen LogP contribution is -1.99. The molecule has 2 nitrogen and oxygen atoms in total. The molecule has 0 radical (unpaired) electrons. The number of aliphatic hydroxyl groups excluding tert-OH is 1. The summed E-state index contributed by atoms with van der Waals surface area (Å²) in [6.07, 6.45) is 1.72. The predicted molar refractivity (Wildman–Crippen MR) is 69.3 cm³/mol. The third-order valence-electron chi connectivity index (χ3n) is 3.37. The first-order valence-electron chi connectivity index (χ1n) is 5.94. The van der Waals surface area contributed by atoms with Gasteiger partial charge in [-0.25, -0.2) is 4.98 Å². The fourth-order valence-electron chi connectivity index (χ4n) is 2.41. The molecule has 1 aromatic heterocycles. The Balaban J connectivity index is 1.84. The predicted octanol–water partition coefficient (Wildman–Crippen LogP) is 3.08. The van der Waals surface area contributed by atoms with Crippen LogP contribution in [-0.4, -0.2) is 10.1 Å². The molecule has 1 N–H and O–H groups in total. The summed E-state index contributed by atoms with van der Waals surface area (Å²) < 4.78 is 0. The Morgan fingerprint density at radius 2 is 1.94 bits per heavy atom. The summed E-state index contributed by atoms with van der Waals surface area (Å²) in [5, 5.41) is 12.6. The molecule has 0 amide bonds. The van der Waals surface area contributed by atoms with Crippen molar-refractivity contribution in [3.05, 3.63) is 51.5 Å². The highest BCUT2D eigenvalue weighted by Gasteiger charge is 2.25. The zero-order chi connectivity index (χ0) is 11.8. The summed E-state index contributed by atoms with van der Waals surface area (Å²) in [7, 11) is 0. The molecule has 88 valence electrons. The van der Waals surface area contributed by atoms with E-state index in [-0.39, 0.29) is 0 Å². The van der Waals surface area contributed by atoms with Crippen LogP contribution in [0.4, 0.5) is 0 Å². The largest absolute Gasteiger partial charge is 0.387 e. The number of nitrogens with zero attached hydrogens (tertiary/aromatic N) is 1. The smallest absolute Gasteiger partial charge is 0.0967 e. The topological polar surface area (TPSA) is 33.1 Å². The van der Waals surface area contributed by atoms with Crippen LogP contribution in [0, 0.1) is 0 Å². The van der Waals surface area contributed by atoms with E-state index in [2.05, 4.69) is 29.2 Å². The minimum absolute atomic E-state index is 0.455. The van der Waals surface area contributed by atoms with Crippen molar-refractivity contribution in [3.8, 4) is 0 Å². The summed E-state index contributed by atoms with van der Waals surface area (Å²) in [5.41, 5.74) is 3.71. The van der Waals surface area contributed by atoms with Crippen LogP contribution in [0.25, 0.3) is 0 Å². The van der Waals surface area contributed by atoms with Crippen molar-refractivity contribution >= 4 is 11.3 Å². The first kappa shape index (κ1) is 10.9. The van der Waals surface area contributed by atoms with Gasteiger partial charge in [-0.2, -0.15) is 0 Å². The average Bonchev–Trinajstić information content (AvgIpc) is 2.95. The number of hydrogen-bond acceptors (Lipinski definition) is 3. The number of rotatable bonds is 2. The van der Waals surface area contributed by atoms with E-state index in [1.165, 1.54) is 11.1 Å². The van der Waals surface area contributed by atoms with Crippen molar-refractivity contribution in [3.63, 3.8) is 0 Å². The number of aliphatic hydroxyl groups is 1. The molecule has 3 heteroatoms. The maximum atomic E-state index is 9.50. The third-order valence-corrected chi connectivity index (χ3v) is 4.39. The second-order valence-corrected chi connectivity index (χ2v) is 5.55. The maximum Gasteiger partial charge on any atom is 0.0967 e. The first-order chi connectivity index (χ1) is 8.24. The number of fused-ring (bicyclic) bond motifs is 1. The Labute approximate surface area is 105 Å². The van der Waals surface area contributed by atoms with Gasteiger partial charge in [-0.05, 0) is 30.9 Å². The van der Waals surface area contributed by atoms with Gasteiger partial charge in [-0.1, -0.05) is 24.3 Å². The van der Waals surface area contributed by atoms with Crippen molar-refractivity contribution in [2.45, 2.75) is 31.8 Å². The molecule has 0 fully saturated rings. The molecular formula is C14H15NOS. The van der Waals surface area contributed by atoms with E-state index in [9.17, 15) is 5.11 Å². The van der Waals surface area contributed by atoms with Gasteiger partial charge < -0.3 is 5.11 Å². The molecule has 0 bridgehead atoms. The van der Waals surface area contributed by atoms with Gasteiger partial charge in [0.1, 0.15) is 0 Å². The van der Waals surface area contributed by atoms with Gasteiger partial charge in [0.05, 0.1) is 16.8 Å². The van der Waals surface area contributed by atoms with Gasteiger partial charge in [0.15, 0.2) is 0 Å². The lowest BCUT2D eigenvalue weighted by Gasteiger charge is -2.04. The molecule has 0 aliphatic heterocycles. The summed E-state index contributed by atoms with van der Waals surface area (Å²) in [5.74, 6) is 0.505. The van der Waals surface area contributed by atoms with Crippen molar-refractivity contribution in [2.75, 3.05) is 0 Å². The molecule has 1 aliphatic carbocycles.